The third-order valence-corrected chi connectivity index (χ3v) is 3.14. The number of carbonyl (C=O) groups excluding carboxylic acids is 1. The van der Waals surface area contributed by atoms with Crippen molar-refractivity contribution in [1.29, 1.82) is 0 Å². The summed E-state index contributed by atoms with van der Waals surface area (Å²) in [6.07, 6.45) is 1.48. The second kappa shape index (κ2) is 5.18. The Hall–Kier alpha value is -1.89. The van der Waals surface area contributed by atoms with Gasteiger partial charge in [0.05, 0.1) is 6.07 Å². The Morgan fingerprint density at radius 2 is 2.17 bits per heavy atom. The van der Waals surface area contributed by atoms with Gasteiger partial charge in [-0.15, -0.1) is 0 Å². The average Bonchev–Trinajstić information content (AvgIpc) is 2.88. The molecule has 1 amide bonds. The number of aliphatic hydroxyl groups excluding tert-OH is 1. The van der Waals surface area contributed by atoms with Crippen LogP contribution in [0.1, 0.15) is 23.4 Å². The molecule has 7 nitrogen and oxygen atoms in total. The van der Waals surface area contributed by atoms with Gasteiger partial charge in [0, 0.05) is 19.7 Å². The van der Waals surface area contributed by atoms with Crippen LogP contribution < -0.4 is 0 Å². The summed E-state index contributed by atoms with van der Waals surface area (Å²) in [4.78, 5) is 23.4. The van der Waals surface area contributed by atoms with E-state index < -0.39 is 10.8 Å². The molecule has 1 saturated heterocycles. The van der Waals surface area contributed by atoms with Crippen LogP contribution in [0.15, 0.2) is 16.5 Å². The molecule has 1 fully saturated rings. The third kappa shape index (κ3) is 2.51. The van der Waals surface area contributed by atoms with E-state index >= 15 is 0 Å². The monoisotopic (exact) mass is 254 g/mol. The van der Waals surface area contributed by atoms with E-state index in [4.69, 9.17) is 9.52 Å². The van der Waals surface area contributed by atoms with Crippen LogP contribution in [-0.4, -0.2) is 40.5 Å². The first kappa shape index (κ1) is 12.6. The fourth-order valence-corrected chi connectivity index (χ4v) is 2.02. The van der Waals surface area contributed by atoms with Crippen molar-refractivity contribution in [3.05, 3.63) is 28.0 Å². The zero-order valence-corrected chi connectivity index (χ0v) is 9.74. The quantitative estimate of drug-likeness (QED) is 0.641. The minimum atomic E-state index is -0.672. The first-order chi connectivity index (χ1) is 8.61. The summed E-state index contributed by atoms with van der Waals surface area (Å²) in [5.74, 6) is -0.535. The highest BCUT2D eigenvalue weighted by molar-refractivity contribution is 5.91. The van der Waals surface area contributed by atoms with Crippen molar-refractivity contribution in [2.75, 3.05) is 19.7 Å². The predicted molar refractivity (Wildman–Crippen MR) is 61.1 cm³/mol. The van der Waals surface area contributed by atoms with Gasteiger partial charge in [0.25, 0.3) is 5.91 Å². The van der Waals surface area contributed by atoms with Crippen molar-refractivity contribution in [3.8, 4) is 0 Å². The fraction of sp³-hybridized carbons (Fsp3) is 0.545. The lowest BCUT2D eigenvalue weighted by molar-refractivity contribution is -0.402. The van der Waals surface area contributed by atoms with E-state index in [9.17, 15) is 14.9 Å². The van der Waals surface area contributed by atoms with Gasteiger partial charge in [0.2, 0.25) is 0 Å². The summed E-state index contributed by atoms with van der Waals surface area (Å²) in [6.45, 7) is 1.21. The predicted octanol–water partition coefficient (Wildman–Crippen LogP) is 1.03. The molecule has 18 heavy (non-hydrogen) atoms. The summed E-state index contributed by atoms with van der Waals surface area (Å²) in [5, 5.41) is 19.5. The molecule has 1 N–H and O–H groups in total. The van der Waals surface area contributed by atoms with Crippen molar-refractivity contribution < 1.29 is 19.2 Å². The molecule has 2 heterocycles. The first-order valence-corrected chi connectivity index (χ1v) is 5.76. The molecule has 0 saturated carbocycles. The summed E-state index contributed by atoms with van der Waals surface area (Å²) < 4.78 is 4.87. The number of hydrogen-bond donors (Lipinski definition) is 1. The fourth-order valence-electron chi connectivity index (χ4n) is 2.02. The number of carbonyl (C=O) groups is 1. The third-order valence-electron chi connectivity index (χ3n) is 3.14. The van der Waals surface area contributed by atoms with Crippen molar-refractivity contribution in [2.24, 2.45) is 5.92 Å². The minimum absolute atomic E-state index is 0.0100. The number of furan rings is 1. The molecule has 1 aliphatic heterocycles. The van der Waals surface area contributed by atoms with Gasteiger partial charge in [-0.05, 0) is 24.8 Å². The van der Waals surface area contributed by atoms with Crippen LogP contribution in [0.3, 0.4) is 0 Å². The minimum Gasteiger partial charge on any atom is -0.396 e. The van der Waals surface area contributed by atoms with Gasteiger partial charge in [-0.25, -0.2) is 0 Å². The van der Waals surface area contributed by atoms with Crippen LogP contribution in [0.2, 0.25) is 0 Å². The van der Waals surface area contributed by atoms with Crippen molar-refractivity contribution >= 4 is 11.8 Å². The molecule has 0 aromatic carbocycles. The zero-order chi connectivity index (χ0) is 13.1. The van der Waals surface area contributed by atoms with E-state index in [0.29, 0.717) is 13.1 Å². The van der Waals surface area contributed by atoms with Gasteiger partial charge in [0.15, 0.2) is 5.76 Å². The lowest BCUT2D eigenvalue weighted by atomic mass is 9.98. The molecular formula is C11H14N2O5. The second-order valence-corrected chi connectivity index (χ2v) is 4.31. The zero-order valence-electron chi connectivity index (χ0n) is 9.74. The lowest BCUT2D eigenvalue weighted by Gasteiger charge is -2.30. The first-order valence-electron chi connectivity index (χ1n) is 5.76. The van der Waals surface area contributed by atoms with E-state index in [0.717, 1.165) is 12.8 Å². The second-order valence-electron chi connectivity index (χ2n) is 4.31. The van der Waals surface area contributed by atoms with Gasteiger partial charge in [0.1, 0.15) is 4.92 Å². The van der Waals surface area contributed by atoms with Crippen LogP contribution in [0.5, 0.6) is 0 Å². The highest BCUT2D eigenvalue weighted by atomic mass is 16.6. The number of likely N-dealkylation sites (tertiary alicyclic amines) is 1. The van der Waals surface area contributed by atoms with Crippen molar-refractivity contribution in [1.82, 2.24) is 4.90 Å². The maximum Gasteiger partial charge on any atom is 0.433 e. The number of aliphatic hydroxyl groups is 1. The van der Waals surface area contributed by atoms with Crippen LogP contribution in [0, 0.1) is 16.0 Å². The Bertz CT molecular complexity index is 448. The van der Waals surface area contributed by atoms with Gasteiger partial charge in [-0.3, -0.25) is 14.9 Å². The Morgan fingerprint density at radius 1 is 1.50 bits per heavy atom. The standard InChI is InChI=1S/C11H14N2O5/c14-7-8-3-5-12(6-4-8)11(15)9-1-2-10(18-9)13(16)17/h1-2,8,14H,3-7H2. The SMILES string of the molecule is O=C(c1ccc([N+](=O)[O-])o1)N1CCC(CO)CC1. The largest absolute Gasteiger partial charge is 0.433 e. The summed E-state index contributed by atoms with van der Waals surface area (Å²) in [5.41, 5.74) is 0. The van der Waals surface area contributed by atoms with Gasteiger partial charge >= 0.3 is 5.88 Å². The number of rotatable bonds is 3. The molecule has 98 valence electrons. The summed E-state index contributed by atoms with van der Waals surface area (Å²) in [7, 11) is 0. The maximum absolute atomic E-state index is 12.0. The number of nitro groups is 1. The van der Waals surface area contributed by atoms with Crippen LogP contribution in [0.25, 0.3) is 0 Å². The normalized spacial score (nSPS) is 16.8. The molecular weight excluding hydrogens is 240 g/mol. The molecule has 0 radical (unpaired) electrons. The number of amides is 1. The van der Waals surface area contributed by atoms with E-state index in [1.165, 1.54) is 12.1 Å². The molecule has 1 aromatic rings. The van der Waals surface area contributed by atoms with Crippen LogP contribution in [-0.2, 0) is 0 Å². The van der Waals surface area contributed by atoms with E-state index in [2.05, 4.69) is 0 Å². The maximum atomic E-state index is 12.0. The molecule has 7 heteroatoms. The van der Waals surface area contributed by atoms with Crippen LogP contribution in [0.4, 0.5) is 5.88 Å². The van der Waals surface area contributed by atoms with E-state index in [1.807, 2.05) is 0 Å². The molecule has 1 aromatic heterocycles. The van der Waals surface area contributed by atoms with E-state index in [1.54, 1.807) is 4.90 Å². The molecule has 0 spiro atoms. The van der Waals surface area contributed by atoms with Gasteiger partial charge in [-0.1, -0.05) is 0 Å². The summed E-state index contributed by atoms with van der Waals surface area (Å²) >= 11 is 0. The number of nitrogens with zero attached hydrogens (tertiary/aromatic N) is 2. The molecule has 0 unspecified atom stereocenters. The highest BCUT2D eigenvalue weighted by Gasteiger charge is 2.26. The number of piperidine rings is 1. The van der Waals surface area contributed by atoms with Gasteiger partial charge in [-0.2, -0.15) is 0 Å². The van der Waals surface area contributed by atoms with Crippen LogP contribution >= 0.6 is 0 Å². The molecule has 2 rings (SSSR count). The lowest BCUT2D eigenvalue weighted by Crippen LogP contribution is -2.39. The smallest absolute Gasteiger partial charge is 0.396 e. The summed E-state index contributed by atoms with van der Waals surface area (Å²) in [6, 6.07) is 2.49. The van der Waals surface area contributed by atoms with Crippen molar-refractivity contribution in [2.45, 2.75) is 12.8 Å². The number of hydrogen-bond acceptors (Lipinski definition) is 5. The molecule has 1 aliphatic rings. The Morgan fingerprint density at radius 3 is 2.67 bits per heavy atom. The van der Waals surface area contributed by atoms with Gasteiger partial charge < -0.3 is 14.4 Å². The highest BCUT2D eigenvalue weighted by Crippen LogP contribution is 2.21. The molecule has 0 bridgehead atoms. The Kier molecular flexibility index (Phi) is 3.61. The van der Waals surface area contributed by atoms with Crippen molar-refractivity contribution in [3.63, 3.8) is 0 Å². The average molecular weight is 254 g/mol. The molecule has 0 atom stereocenters. The van der Waals surface area contributed by atoms with E-state index in [-0.39, 0.29) is 24.2 Å². The molecule has 0 aliphatic carbocycles. The topological polar surface area (TPSA) is 96.8 Å². The Balaban J connectivity index is 2.01. The Labute approximate surface area is 103 Å².